The summed E-state index contributed by atoms with van der Waals surface area (Å²) in [5.74, 6) is -0.589. The molecule has 1 aliphatic rings. The molecule has 0 saturated carbocycles. The van der Waals surface area contributed by atoms with Crippen molar-refractivity contribution in [2.45, 2.75) is 19.5 Å². The molecule has 0 aromatic heterocycles. The molecule has 4 heteroatoms. The SMILES string of the molecule is O=C(O)c1ccc2c(c1)CN(CCc1ccc(O)cc1)C2. The van der Waals surface area contributed by atoms with Gasteiger partial charge < -0.3 is 10.2 Å². The average molecular weight is 283 g/mol. The van der Waals surface area contributed by atoms with Crippen molar-refractivity contribution in [2.24, 2.45) is 0 Å². The van der Waals surface area contributed by atoms with Crippen molar-refractivity contribution in [1.82, 2.24) is 4.90 Å². The van der Waals surface area contributed by atoms with E-state index in [4.69, 9.17) is 5.11 Å². The van der Waals surface area contributed by atoms with Crippen LogP contribution in [-0.4, -0.2) is 27.6 Å². The highest BCUT2D eigenvalue weighted by molar-refractivity contribution is 5.87. The van der Waals surface area contributed by atoms with Gasteiger partial charge in [0.05, 0.1) is 5.56 Å². The smallest absolute Gasteiger partial charge is 0.335 e. The van der Waals surface area contributed by atoms with E-state index in [1.165, 1.54) is 11.1 Å². The van der Waals surface area contributed by atoms with E-state index in [0.29, 0.717) is 5.56 Å². The molecule has 2 N–H and O–H groups in total. The summed E-state index contributed by atoms with van der Waals surface area (Å²) in [6, 6.07) is 12.6. The number of nitrogens with zero attached hydrogens (tertiary/aromatic N) is 1. The number of benzene rings is 2. The van der Waals surface area contributed by atoms with Crippen molar-refractivity contribution in [3.05, 3.63) is 64.7 Å². The second-order valence-corrected chi connectivity index (χ2v) is 5.42. The highest BCUT2D eigenvalue weighted by Crippen LogP contribution is 2.24. The zero-order valence-corrected chi connectivity index (χ0v) is 11.6. The first-order valence-corrected chi connectivity index (χ1v) is 6.97. The van der Waals surface area contributed by atoms with Gasteiger partial charge in [-0.05, 0) is 47.4 Å². The van der Waals surface area contributed by atoms with Crippen molar-refractivity contribution < 1.29 is 15.0 Å². The molecule has 4 nitrogen and oxygen atoms in total. The van der Waals surface area contributed by atoms with Gasteiger partial charge in [0.25, 0.3) is 0 Å². The molecule has 2 aromatic rings. The van der Waals surface area contributed by atoms with Crippen LogP contribution in [0.3, 0.4) is 0 Å². The zero-order valence-electron chi connectivity index (χ0n) is 11.6. The third kappa shape index (κ3) is 3.06. The van der Waals surface area contributed by atoms with Crippen LogP contribution in [0.2, 0.25) is 0 Å². The quantitative estimate of drug-likeness (QED) is 0.905. The second-order valence-electron chi connectivity index (χ2n) is 5.42. The number of carboxylic acids is 1. The van der Waals surface area contributed by atoms with Gasteiger partial charge in [-0.3, -0.25) is 4.90 Å². The first kappa shape index (κ1) is 13.6. The van der Waals surface area contributed by atoms with Gasteiger partial charge in [0, 0.05) is 19.6 Å². The maximum Gasteiger partial charge on any atom is 0.335 e. The number of rotatable bonds is 4. The summed E-state index contributed by atoms with van der Waals surface area (Å²) in [5, 5.41) is 18.3. The Morgan fingerprint density at radius 3 is 2.48 bits per heavy atom. The lowest BCUT2D eigenvalue weighted by atomic mass is 10.1. The molecular formula is C17H17NO3. The first-order valence-electron chi connectivity index (χ1n) is 6.97. The zero-order chi connectivity index (χ0) is 14.8. The molecule has 0 amide bonds. The molecule has 2 aromatic carbocycles. The van der Waals surface area contributed by atoms with E-state index in [9.17, 15) is 9.90 Å². The average Bonchev–Trinajstić information content (AvgIpc) is 2.88. The standard InChI is InChI=1S/C17H17NO3/c19-16-5-1-12(2-6-16)7-8-18-10-14-4-3-13(17(20)21)9-15(14)11-18/h1-6,9,19H,7-8,10-11H2,(H,20,21). The number of aromatic hydroxyl groups is 1. The topological polar surface area (TPSA) is 60.8 Å². The normalized spacial score (nSPS) is 14.1. The highest BCUT2D eigenvalue weighted by Gasteiger charge is 2.19. The summed E-state index contributed by atoms with van der Waals surface area (Å²) in [4.78, 5) is 13.3. The van der Waals surface area contributed by atoms with Crippen molar-refractivity contribution in [1.29, 1.82) is 0 Å². The summed E-state index contributed by atoms with van der Waals surface area (Å²) >= 11 is 0. The fourth-order valence-corrected chi connectivity index (χ4v) is 2.71. The molecule has 108 valence electrons. The molecule has 0 atom stereocenters. The summed E-state index contributed by atoms with van der Waals surface area (Å²) in [6.45, 7) is 2.59. The predicted molar refractivity (Wildman–Crippen MR) is 79.3 cm³/mol. The van der Waals surface area contributed by atoms with Gasteiger partial charge in [-0.15, -0.1) is 0 Å². The van der Waals surface area contributed by atoms with Crippen LogP contribution in [0, 0.1) is 0 Å². The van der Waals surface area contributed by atoms with Crippen LogP contribution >= 0.6 is 0 Å². The molecule has 0 spiro atoms. The Bertz CT molecular complexity index is 664. The molecule has 1 heterocycles. The molecule has 0 saturated heterocycles. The highest BCUT2D eigenvalue weighted by atomic mass is 16.4. The van der Waals surface area contributed by atoms with Crippen molar-refractivity contribution in [3.63, 3.8) is 0 Å². The van der Waals surface area contributed by atoms with Crippen LogP contribution in [0.5, 0.6) is 5.75 Å². The van der Waals surface area contributed by atoms with E-state index in [2.05, 4.69) is 4.90 Å². The minimum Gasteiger partial charge on any atom is -0.508 e. The Morgan fingerprint density at radius 2 is 1.76 bits per heavy atom. The number of carbonyl (C=O) groups is 1. The Hall–Kier alpha value is -2.33. The summed E-state index contributed by atoms with van der Waals surface area (Å²) in [5.41, 5.74) is 3.87. The van der Waals surface area contributed by atoms with E-state index in [1.54, 1.807) is 24.3 Å². The van der Waals surface area contributed by atoms with Crippen LogP contribution in [-0.2, 0) is 19.5 Å². The Kier molecular flexibility index (Phi) is 3.62. The molecule has 0 unspecified atom stereocenters. The number of hydrogen-bond acceptors (Lipinski definition) is 3. The van der Waals surface area contributed by atoms with Gasteiger partial charge in [-0.2, -0.15) is 0 Å². The van der Waals surface area contributed by atoms with Gasteiger partial charge in [-0.1, -0.05) is 18.2 Å². The summed E-state index contributed by atoms with van der Waals surface area (Å²) in [6.07, 6.45) is 0.917. The molecule has 3 rings (SSSR count). The first-order chi connectivity index (χ1) is 10.1. The van der Waals surface area contributed by atoms with Crippen LogP contribution in [0.15, 0.2) is 42.5 Å². The van der Waals surface area contributed by atoms with Crippen LogP contribution in [0.4, 0.5) is 0 Å². The largest absolute Gasteiger partial charge is 0.508 e. The fraction of sp³-hybridized carbons (Fsp3) is 0.235. The Labute approximate surface area is 123 Å². The van der Waals surface area contributed by atoms with Crippen LogP contribution in [0.25, 0.3) is 0 Å². The Balaban J connectivity index is 1.62. The summed E-state index contributed by atoms with van der Waals surface area (Å²) in [7, 11) is 0. The monoisotopic (exact) mass is 283 g/mol. The van der Waals surface area contributed by atoms with Crippen LogP contribution in [0.1, 0.15) is 27.0 Å². The molecule has 0 aliphatic carbocycles. The van der Waals surface area contributed by atoms with Crippen molar-refractivity contribution in [2.75, 3.05) is 6.54 Å². The minimum absolute atomic E-state index is 0.286. The molecule has 21 heavy (non-hydrogen) atoms. The minimum atomic E-state index is -0.875. The lowest BCUT2D eigenvalue weighted by Gasteiger charge is -2.14. The molecule has 0 bridgehead atoms. The van der Waals surface area contributed by atoms with E-state index in [0.717, 1.165) is 31.6 Å². The maximum absolute atomic E-state index is 11.0. The lowest BCUT2D eigenvalue weighted by molar-refractivity contribution is 0.0696. The number of phenols is 1. The number of aromatic carboxylic acids is 1. The second kappa shape index (κ2) is 5.58. The molecule has 1 aliphatic heterocycles. The summed E-state index contributed by atoms with van der Waals surface area (Å²) < 4.78 is 0. The van der Waals surface area contributed by atoms with E-state index < -0.39 is 5.97 Å². The lowest BCUT2D eigenvalue weighted by Crippen LogP contribution is -2.19. The molecule has 0 fully saturated rings. The van der Waals surface area contributed by atoms with Gasteiger partial charge in [0.1, 0.15) is 5.75 Å². The van der Waals surface area contributed by atoms with Gasteiger partial charge >= 0.3 is 5.97 Å². The Morgan fingerprint density at radius 1 is 1.05 bits per heavy atom. The van der Waals surface area contributed by atoms with E-state index >= 15 is 0 Å². The fourth-order valence-electron chi connectivity index (χ4n) is 2.71. The number of phenolic OH excluding ortho intramolecular Hbond substituents is 1. The van der Waals surface area contributed by atoms with Gasteiger partial charge in [0.2, 0.25) is 0 Å². The van der Waals surface area contributed by atoms with Gasteiger partial charge in [0.15, 0.2) is 0 Å². The predicted octanol–water partition coefficient (Wildman–Crippen LogP) is 2.65. The molecular weight excluding hydrogens is 266 g/mol. The third-order valence-corrected chi connectivity index (χ3v) is 3.89. The number of fused-ring (bicyclic) bond motifs is 1. The van der Waals surface area contributed by atoms with Crippen LogP contribution < -0.4 is 0 Å². The third-order valence-electron chi connectivity index (χ3n) is 3.89. The molecule has 0 radical (unpaired) electrons. The number of hydrogen-bond donors (Lipinski definition) is 2. The van der Waals surface area contributed by atoms with E-state index in [1.807, 2.05) is 18.2 Å². The van der Waals surface area contributed by atoms with Crippen molar-refractivity contribution in [3.8, 4) is 5.75 Å². The van der Waals surface area contributed by atoms with Crippen molar-refractivity contribution >= 4 is 5.97 Å². The maximum atomic E-state index is 11.0. The van der Waals surface area contributed by atoms with E-state index in [-0.39, 0.29) is 5.75 Å². The number of carboxylic acid groups (broad SMARTS) is 1. The van der Waals surface area contributed by atoms with Gasteiger partial charge in [-0.25, -0.2) is 4.79 Å².